The number of halogens is 2. The molecule has 2 fully saturated rings. The van der Waals surface area contributed by atoms with Gasteiger partial charge in [-0.2, -0.15) is 5.26 Å². The van der Waals surface area contributed by atoms with E-state index in [1.807, 2.05) is 19.1 Å². The van der Waals surface area contributed by atoms with Crippen LogP contribution in [0.2, 0.25) is 0 Å². The second kappa shape index (κ2) is 11.5. The predicted octanol–water partition coefficient (Wildman–Crippen LogP) is 4.24. The van der Waals surface area contributed by atoms with Crippen molar-refractivity contribution < 1.29 is 23.1 Å². The van der Waals surface area contributed by atoms with E-state index in [0.29, 0.717) is 49.8 Å². The van der Waals surface area contributed by atoms with E-state index in [-0.39, 0.29) is 5.56 Å². The van der Waals surface area contributed by atoms with Gasteiger partial charge in [0.15, 0.2) is 0 Å². The van der Waals surface area contributed by atoms with Crippen LogP contribution in [0.3, 0.4) is 0 Å². The molecule has 1 aromatic carbocycles. The first-order valence-corrected chi connectivity index (χ1v) is 13.7. The lowest BCUT2D eigenvalue weighted by molar-refractivity contribution is -0.121. The molecule has 2 heterocycles. The number of ether oxygens (including phenoxy) is 1. The largest absolute Gasteiger partial charge is 0.494 e. The zero-order valence-corrected chi connectivity index (χ0v) is 23.0. The summed E-state index contributed by atoms with van der Waals surface area (Å²) in [6.45, 7) is 8.02. The number of nitriles is 1. The number of carbonyl (C=O) groups excluding carboxylic acids is 2. The van der Waals surface area contributed by atoms with Crippen molar-refractivity contribution in [1.29, 1.82) is 5.26 Å². The van der Waals surface area contributed by atoms with E-state index in [2.05, 4.69) is 11.0 Å². The Hall–Kier alpha value is -3.25. The van der Waals surface area contributed by atoms with E-state index in [1.165, 1.54) is 17.0 Å². The lowest BCUT2D eigenvalue weighted by atomic mass is 9.70. The summed E-state index contributed by atoms with van der Waals surface area (Å²) >= 11 is 0. The maximum atomic E-state index is 15.2. The van der Waals surface area contributed by atoms with Crippen molar-refractivity contribution in [2.45, 2.75) is 63.6 Å². The molecule has 0 saturated carbocycles. The molecule has 2 saturated heterocycles. The third-order valence-electron chi connectivity index (χ3n) is 8.17. The van der Waals surface area contributed by atoms with Crippen molar-refractivity contribution >= 4 is 11.8 Å². The van der Waals surface area contributed by atoms with Gasteiger partial charge in [-0.15, -0.1) is 0 Å². The highest BCUT2D eigenvalue weighted by molar-refractivity contribution is 5.98. The number of rotatable bonds is 8. The van der Waals surface area contributed by atoms with E-state index in [9.17, 15) is 19.2 Å². The van der Waals surface area contributed by atoms with Crippen molar-refractivity contribution in [3.63, 3.8) is 0 Å². The van der Waals surface area contributed by atoms with Gasteiger partial charge < -0.3 is 20.3 Å². The summed E-state index contributed by atoms with van der Waals surface area (Å²) in [6, 6.07) is 5.96. The van der Waals surface area contributed by atoms with Crippen molar-refractivity contribution in [1.82, 2.24) is 9.80 Å². The molecule has 0 aromatic heterocycles. The highest BCUT2D eigenvalue weighted by Crippen LogP contribution is 2.39. The molecule has 0 spiro atoms. The summed E-state index contributed by atoms with van der Waals surface area (Å²) in [5.41, 5.74) is 3.83. The SMILES string of the molecule is CC(C)(F)CN1CCC(COC2=CC(C#N)C(C)(c3ccc(C(=O)N4CCC[C@H]4C(N)=O)c(F)c3)C=C2)CC1. The number of nitrogens with zero attached hydrogens (tertiary/aromatic N) is 3. The number of nitrogens with two attached hydrogens (primary N) is 1. The molecule has 2 aliphatic heterocycles. The van der Waals surface area contributed by atoms with Crippen LogP contribution in [0.15, 0.2) is 42.2 Å². The van der Waals surface area contributed by atoms with Crippen LogP contribution in [0.1, 0.15) is 62.4 Å². The molecular formula is C30H38F2N4O3. The minimum absolute atomic E-state index is 0.121. The Morgan fingerprint density at radius 1 is 1.23 bits per heavy atom. The van der Waals surface area contributed by atoms with Crippen LogP contribution in [0.4, 0.5) is 8.78 Å². The fourth-order valence-electron chi connectivity index (χ4n) is 5.84. The van der Waals surface area contributed by atoms with Gasteiger partial charge in [0.1, 0.15) is 23.3 Å². The van der Waals surface area contributed by atoms with Crippen LogP contribution in [-0.4, -0.2) is 66.1 Å². The highest BCUT2D eigenvalue weighted by atomic mass is 19.1. The first kappa shape index (κ1) is 28.8. The normalized spacial score (nSPS) is 26.3. The number of piperidine rings is 1. The van der Waals surface area contributed by atoms with Gasteiger partial charge >= 0.3 is 0 Å². The Kier molecular flexibility index (Phi) is 8.45. The van der Waals surface area contributed by atoms with E-state index < -0.39 is 40.7 Å². The summed E-state index contributed by atoms with van der Waals surface area (Å²) in [4.78, 5) is 28.1. The summed E-state index contributed by atoms with van der Waals surface area (Å²) in [5.74, 6) is -1.50. The Bertz CT molecular complexity index is 1190. The average molecular weight is 541 g/mol. The fraction of sp³-hybridized carbons (Fsp3) is 0.567. The van der Waals surface area contributed by atoms with Gasteiger partial charge in [0.25, 0.3) is 5.91 Å². The minimum atomic E-state index is -1.21. The standard InChI is InChI=1S/C30H38F2N4O3/c1-29(2,32)19-35-13-9-20(10-14-35)18-39-23-8-11-30(3,22(15-23)17-33)21-6-7-24(25(31)16-21)28(38)36-12-4-5-26(36)27(34)37/h6-8,11,15-16,20,22,26H,4-5,9-10,12-14,18-19H2,1-3H3,(H2,34,37)/t22?,26-,30?/m0/s1. The number of amides is 2. The van der Waals surface area contributed by atoms with Crippen LogP contribution >= 0.6 is 0 Å². The Balaban J connectivity index is 1.40. The van der Waals surface area contributed by atoms with E-state index in [0.717, 1.165) is 25.9 Å². The molecule has 7 nitrogen and oxygen atoms in total. The molecule has 1 aromatic rings. The van der Waals surface area contributed by atoms with Gasteiger partial charge in [-0.3, -0.25) is 9.59 Å². The smallest absolute Gasteiger partial charge is 0.257 e. The summed E-state index contributed by atoms with van der Waals surface area (Å²) < 4.78 is 35.2. The molecule has 2 amide bonds. The van der Waals surface area contributed by atoms with E-state index in [1.54, 1.807) is 26.0 Å². The minimum Gasteiger partial charge on any atom is -0.494 e. The maximum absolute atomic E-state index is 15.2. The molecule has 2 N–H and O–H groups in total. The van der Waals surface area contributed by atoms with E-state index in [4.69, 9.17) is 10.5 Å². The number of hydrogen-bond acceptors (Lipinski definition) is 5. The summed E-state index contributed by atoms with van der Waals surface area (Å²) in [6.07, 6.45) is 8.39. The van der Waals surface area contributed by atoms with Gasteiger partial charge in [-0.05, 0) is 88.4 Å². The zero-order chi connectivity index (χ0) is 28.4. The monoisotopic (exact) mass is 540 g/mol. The lowest BCUT2D eigenvalue weighted by Crippen LogP contribution is -2.44. The van der Waals surface area contributed by atoms with Crippen molar-refractivity contribution in [3.8, 4) is 6.07 Å². The molecular weight excluding hydrogens is 502 g/mol. The third kappa shape index (κ3) is 6.50. The molecule has 1 aliphatic carbocycles. The van der Waals surface area contributed by atoms with Crippen LogP contribution in [0.5, 0.6) is 0 Å². The number of likely N-dealkylation sites (tertiary alicyclic amines) is 2. The van der Waals surface area contributed by atoms with Gasteiger partial charge in [-0.25, -0.2) is 8.78 Å². The van der Waals surface area contributed by atoms with Gasteiger partial charge in [0, 0.05) is 18.5 Å². The summed E-state index contributed by atoms with van der Waals surface area (Å²) in [5, 5.41) is 9.96. The van der Waals surface area contributed by atoms with Crippen LogP contribution < -0.4 is 5.73 Å². The third-order valence-corrected chi connectivity index (χ3v) is 8.17. The molecule has 3 aliphatic rings. The number of primary amides is 1. The molecule has 2 unspecified atom stereocenters. The first-order chi connectivity index (χ1) is 18.4. The van der Waals surface area contributed by atoms with Gasteiger partial charge in [0.2, 0.25) is 5.91 Å². The van der Waals surface area contributed by atoms with E-state index >= 15 is 4.39 Å². The first-order valence-electron chi connectivity index (χ1n) is 13.7. The van der Waals surface area contributed by atoms with Crippen LogP contribution in [-0.2, 0) is 14.9 Å². The number of hydrogen-bond donors (Lipinski definition) is 1. The quantitative estimate of drug-likeness (QED) is 0.532. The number of carbonyl (C=O) groups is 2. The number of allylic oxidation sites excluding steroid dienone is 3. The second-order valence-corrected chi connectivity index (χ2v) is 11.8. The molecule has 39 heavy (non-hydrogen) atoms. The number of benzene rings is 1. The lowest BCUT2D eigenvalue weighted by Gasteiger charge is -2.35. The van der Waals surface area contributed by atoms with Gasteiger partial charge in [0.05, 0.1) is 24.2 Å². The molecule has 4 rings (SSSR count). The summed E-state index contributed by atoms with van der Waals surface area (Å²) in [7, 11) is 0. The Morgan fingerprint density at radius 3 is 2.56 bits per heavy atom. The molecule has 3 atom stereocenters. The Morgan fingerprint density at radius 2 is 1.95 bits per heavy atom. The molecule has 210 valence electrons. The topological polar surface area (TPSA) is 99.7 Å². The zero-order valence-electron chi connectivity index (χ0n) is 23.0. The fourth-order valence-corrected chi connectivity index (χ4v) is 5.84. The predicted molar refractivity (Wildman–Crippen MR) is 144 cm³/mol. The second-order valence-electron chi connectivity index (χ2n) is 11.8. The Labute approximate surface area is 229 Å². The van der Waals surface area contributed by atoms with Crippen molar-refractivity contribution in [2.75, 3.05) is 32.8 Å². The molecule has 0 radical (unpaired) electrons. The van der Waals surface area contributed by atoms with Crippen LogP contribution in [0.25, 0.3) is 0 Å². The maximum Gasteiger partial charge on any atom is 0.257 e. The average Bonchev–Trinajstić information content (AvgIpc) is 3.38. The molecule has 0 bridgehead atoms. The van der Waals surface area contributed by atoms with Gasteiger partial charge in [-0.1, -0.05) is 19.1 Å². The van der Waals surface area contributed by atoms with Crippen LogP contribution in [0, 0.1) is 29.0 Å². The highest BCUT2D eigenvalue weighted by Gasteiger charge is 2.38. The molecule has 9 heteroatoms. The number of alkyl halides is 1. The van der Waals surface area contributed by atoms with Crippen molar-refractivity contribution in [2.24, 2.45) is 17.6 Å². The van der Waals surface area contributed by atoms with Crippen molar-refractivity contribution in [3.05, 3.63) is 59.1 Å².